The molecule has 1 aliphatic rings. The van der Waals surface area contributed by atoms with Crippen LogP contribution in [-0.2, 0) is 18.9 Å². The van der Waals surface area contributed by atoms with Crippen molar-refractivity contribution < 1.29 is 23.6 Å². The van der Waals surface area contributed by atoms with Crippen LogP contribution in [0.4, 0.5) is 0 Å². The van der Waals surface area contributed by atoms with Gasteiger partial charge < -0.3 is 14.0 Å². The second-order valence-corrected chi connectivity index (χ2v) is 6.73. The largest absolute Gasteiger partial charge is 0.636 e. The fraction of sp³-hybridized carbons (Fsp3) is 0.263. The molecule has 0 unspecified atom stereocenters. The molecule has 8 heteroatoms. The molecule has 1 saturated heterocycles. The number of ether oxygens (including phenoxy) is 1. The molecule has 0 spiro atoms. The van der Waals surface area contributed by atoms with Crippen LogP contribution in [0.3, 0.4) is 0 Å². The van der Waals surface area contributed by atoms with Crippen LogP contribution in [0.5, 0.6) is 5.75 Å². The van der Waals surface area contributed by atoms with Crippen LogP contribution >= 0.6 is 0 Å². The molecule has 0 amide bonds. The number of hydrogen-bond donors (Lipinski definition) is 0. The van der Waals surface area contributed by atoms with E-state index in [0.717, 1.165) is 5.56 Å². The van der Waals surface area contributed by atoms with Crippen LogP contribution in [0, 0.1) is 0 Å². The Balaban J connectivity index is 1.69. The Kier molecular flexibility index (Phi) is 5.86. The molecule has 2 aromatic rings. The lowest BCUT2D eigenvalue weighted by Crippen LogP contribution is -2.47. The molecule has 0 N–H and O–H groups in total. The van der Waals surface area contributed by atoms with Gasteiger partial charge in [0, 0.05) is 5.46 Å². The van der Waals surface area contributed by atoms with Crippen LogP contribution in [0.2, 0.25) is 0 Å². The van der Waals surface area contributed by atoms with Gasteiger partial charge in [-0.25, -0.2) is 0 Å². The highest BCUT2D eigenvalue weighted by molar-refractivity contribution is 6.64. The molecule has 1 aliphatic heterocycles. The summed E-state index contributed by atoms with van der Waals surface area (Å²) < 4.78 is 16.5. The zero-order valence-electron chi connectivity index (χ0n) is 15.7. The zero-order valence-corrected chi connectivity index (χ0v) is 15.7. The molecule has 2 aromatic carbocycles. The first-order chi connectivity index (χ1) is 12.9. The van der Waals surface area contributed by atoms with Gasteiger partial charge in [-0.2, -0.15) is 0 Å². The van der Waals surface area contributed by atoms with Gasteiger partial charge in [0.1, 0.15) is 19.7 Å². The summed E-state index contributed by atoms with van der Waals surface area (Å²) in [5.74, 6) is -0.206. The maximum atomic E-state index is 11.9. The normalized spacial score (nSPS) is 16.7. The Hall–Kier alpha value is -2.73. The Morgan fingerprint density at radius 2 is 1.70 bits per heavy atom. The van der Waals surface area contributed by atoms with Gasteiger partial charge in [0.25, 0.3) is 0 Å². The Bertz CT molecular complexity index is 807. The Morgan fingerprint density at radius 3 is 2.30 bits per heavy atom. The van der Waals surface area contributed by atoms with E-state index in [9.17, 15) is 9.59 Å². The SMILES string of the molecule is Bc1cccc([C@H](C)Oc2ccc(B3OC(=O)CN(C)CC(=O)O3)cc2)c1. The molecule has 1 heterocycles. The topological polar surface area (TPSA) is 65.1 Å². The molecule has 0 aromatic heterocycles. The monoisotopic (exact) mass is 365 g/mol. The summed E-state index contributed by atoms with van der Waals surface area (Å²) in [5.41, 5.74) is 2.85. The van der Waals surface area contributed by atoms with Crippen molar-refractivity contribution in [3.63, 3.8) is 0 Å². The van der Waals surface area contributed by atoms with Crippen LogP contribution in [0.25, 0.3) is 0 Å². The molecule has 27 heavy (non-hydrogen) atoms. The van der Waals surface area contributed by atoms with E-state index in [2.05, 4.69) is 6.07 Å². The van der Waals surface area contributed by atoms with E-state index in [0.29, 0.717) is 11.2 Å². The first-order valence-electron chi connectivity index (χ1n) is 8.81. The average Bonchev–Trinajstić information content (AvgIpc) is 2.60. The van der Waals surface area contributed by atoms with Crippen LogP contribution in [0.1, 0.15) is 18.6 Å². The van der Waals surface area contributed by atoms with E-state index < -0.39 is 19.1 Å². The molecule has 3 rings (SSSR count). The van der Waals surface area contributed by atoms with Crippen LogP contribution in [-0.4, -0.2) is 51.9 Å². The van der Waals surface area contributed by atoms with Crippen molar-refractivity contribution in [1.82, 2.24) is 4.90 Å². The van der Waals surface area contributed by atoms with Crippen molar-refractivity contribution in [2.24, 2.45) is 0 Å². The summed E-state index contributed by atoms with van der Waals surface area (Å²) in [7, 11) is 2.66. The van der Waals surface area contributed by atoms with Crippen molar-refractivity contribution >= 4 is 37.8 Å². The smallest absolute Gasteiger partial charge is 0.494 e. The number of hydrogen-bond acceptors (Lipinski definition) is 6. The van der Waals surface area contributed by atoms with Gasteiger partial charge in [-0.15, -0.1) is 0 Å². The van der Waals surface area contributed by atoms with Crippen molar-refractivity contribution in [3.8, 4) is 5.75 Å². The van der Waals surface area contributed by atoms with E-state index in [1.165, 1.54) is 5.46 Å². The number of carbonyl (C=O) groups is 2. The van der Waals surface area contributed by atoms with Gasteiger partial charge >= 0.3 is 19.1 Å². The quantitative estimate of drug-likeness (QED) is 0.701. The van der Waals surface area contributed by atoms with Crippen LogP contribution < -0.4 is 15.7 Å². The van der Waals surface area contributed by atoms with Crippen molar-refractivity contribution in [2.75, 3.05) is 20.1 Å². The maximum Gasteiger partial charge on any atom is 0.636 e. The lowest BCUT2D eigenvalue weighted by Gasteiger charge is -2.22. The molecule has 0 saturated carbocycles. The molecule has 1 atom stereocenters. The fourth-order valence-electron chi connectivity index (χ4n) is 2.87. The van der Waals surface area contributed by atoms with Gasteiger partial charge in [-0.3, -0.25) is 14.5 Å². The summed E-state index contributed by atoms with van der Waals surface area (Å²) in [5, 5.41) is 0. The highest BCUT2D eigenvalue weighted by Crippen LogP contribution is 2.20. The number of nitrogens with zero attached hydrogens (tertiary/aromatic N) is 1. The molecule has 0 radical (unpaired) electrons. The summed E-state index contributed by atoms with van der Waals surface area (Å²) >= 11 is 0. The third-order valence-corrected chi connectivity index (χ3v) is 4.25. The van der Waals surface area contributed by atoms with Crippen molar-refractivity contribution in [1.29, 1.82) is 0 Å². The van der Waals surface area contributed by atoms with Gasteiger partial charge in [0.05, 0.1) is 13.1 Å². The third-order valence-electron chi connectivity index (χ3n) is 4.25. The predicted molar refractivity (Wildman–Crippen MR) is 105 cm³/mol. The number of carbonyl (C=O) groups excluding carboxylic acids is 2. The van der Waals surface area contributed by atoms with Crippen LogP contribution in [0.15, 0.2) is 48.5 Å². The highest BCUT2D eigenvalue weighted by Gasteiger charge is 2.33. The lowest BCUT2D eigenvalue weighted by atomic mass is 9.78. The summed E-state index contributed by atoms with van der Waals surface area (Å²) in [6.07, 6.45) is -0.108. The fourth-order valence-corrected chi connectivity index (χ4v) is 2.87. The molecular weight excluding hydrogens is 344 g/mol. The van der Waals surface area contributed by atoms with E-state index in [4.69, 9.17) is 14.0 Å². The van der Waals surface area contributed by atoms with Gasteiger partial charge in [-0.1, -0.05) is 41.9 Å². The number of likely N-dealkylation sites (N-methyl/N-ethyl adjacent to an activating group) is 1. The maximum absolute atomic E-state index is 11.9. The van der Waals surface area contributed by atoms with Gasteiger partial charge in [-0.05, 0) is 31.7 Å². The molecule has 0 bridgehead atoms. The second-order valence-electron chi connectivity index (χ2n) is 6.73. The molecular formula is C19H21B2NO5. The third kappa shape index (κ3) is 5.14. The van der Waals surface area contributed by atoms with E-state index in [-0.39, 0.29) is 19.2 Å². The molecule has 1 fully saturated rings. The second kappa shape index (κ2) is 8.31. The average molecular weight is 365 g/mol. The minimum absolute atomic E-state index is 0.0425. The number of rotatable bonds is 4. The van der Waals surface area contributed by atoms with E-state index in [1.54, 1.807) is 36.2 Å². The molecule has 0 aliphatic carbocycles. The van der Waals surface area contributed by atoms with Crippen molar-refractivity contribution in [3.05, 3.63) is 54.1 Å². The summed E-state index contributed by atoms with van der Waals surface area (Å²) in [6.45, 7) is 2.07. The van der Waals surface area contributed by atoms with E-state index in [1.807, 2.05) is 33.0 Å². The highest BCUT2D eigenvalue weighted by atomic mass is 16.6. The lowest BCUT2D eigenvalue weighted by molar-refractivity contribution is -0.145. The standard InChI is InChI=1S/C19H21B2NO5/c1-13(14-4-3-5-15(20)10-14)25-17-8-6-16(7-9-17)21-26-18(23)11-22(2)12-19(24)27-21/h3-10,13H,11-12,20H2,1-2H3/t13-/m0/s1. The first kappa shape index (κ1) is 19.0. The molecule has 138 valence electrons. The Labute approximate surface area is 160 Å². The summed E-state index contributed by atoms with van der Waals surface area (Å²) in [4.78, 5) is 25.3. The molecule has 6 nitrogen and oxygen atoms in total. The first-order valence-corrected chi connectivity index (χ1v) is 8.81. The van der Waals surface area contributed by atoms with Crippen molar-refractivity contribution in [2.45, 2.75) is 13.0 Å². The van der Waals surface area contributed by atoms with Gasteiger partial charge in [0.2, 0.25) is 0 Å². The Morgan fingerprint density at radius 1 is 1.07 bits per heavy atom. The number of benzene rings is 2. The minimum atomic E-state index is -1.04. The zero-order chi connectivity index (χ0) is 19.4. The minimum Gasteiger partial charge on any atom is -0.494 e. The van der Waals surface area contributed by atoms with Gasteiger partial charge in [0.15, 0.2) is 0 Å². The van der Waals surface area contributed by atoms with E-state index >= 15 is 0 Å². The predicted octanol–water partition coefficient (Wildman–Crippen LogP) is -0.188. The summed E-state index contributed by atoms with van der Waals surface area (Å²) in [6, 6.07) is 15.2.